The van der Waals surface area contributed by atoms with Crippen LogP contribution in [-0.4, -0.2) is 28.9 Å². The number of aliphatic hydroxyl groups is 1. The second-order valence-electron chi connectivity index (χ2n) is 6.56. The Morgan fingerprint density at radius 2 is 1.96 bits per heavy atom. The number of nitro groups is 1. The van der Waals surface area contributed by atoms with Crippen LogP contribution in [0.5, 0.6) is 0 Å². The summed E-state index contributed by atoms with van der Waals surface area (Å²) >= 11 is 0. The second-order valence-corrected chi connectivity index (χ2v) is 6.56. The van der Waals surface area contributed by atoms with Gasteiger partial charge in [-0.1, -0.05) is 18.2 Å². The molecule has 2 aliphatic rings. The van der Waals surface area contributed by atoms with Crippen LogP contribution in [0, 0.1) is 17.0 Å². The van der Waals surface area contributed by atoms with Crippen molar-refractivity contribution in [3.8, 4) is 0 Å². The summed E-state index contributed by atoms with van der Waals surface area (Å²) < 4.78 is 0. The highest BCUT2D eigenvalue weighted by Gasteiger charge is 2.59. The predicted molar refractivity (Wildman–Crippen MR) is 93.0 cm³/mol. The van der Waals surface area contributed by atoms with E-state index in [1.54, 1.807) is 31.2 Å². The van der Waals surface area contributed by atoms with E-state index >= 15 is 0 Å². The van der Waals surface area contributed by atoms with Crippen LogP contribution >= 0.6 is 0 Å². The van der Waals surface area contributed by atoms with E-state index in [1.807, 2.05) is 0 Å². The molecule has 26 heavy (non-hydrogen) atoms. The number of non-ortho nitro benzene ring substituents is 1. The summed E-state index contributed by atoms with van der Waals surface area (Å²) in [6.07, 6.45) is 0. The highest BCUT2D eigenvalue weighted by Crippen LogP contribution is 2.53. The van der Waals surface area contributed by atoms with Crippen molar-refractivity contribution in [2.75, 3.05) is 17.3 Å². The Hall–Kier alpha value is -3.26. The van der Waals surface area contributed by atoms with Crippen molar-refractivity contribution in [1.82, 2.24) is 0 Å². The summed E-state index contributed by atoms with van der Waals surface area (Å²) in [4.78, 5) is 37.5. The van der Waals surface area contributed by atoms with Crippen molar-refractivity contribution < 1.29 is 19.6 Å². The molecule has 2 heterocycles. The molecule has 8 heteroatoms. The minimum absolute atomic E-state index is 0.0774. The largest absolute Gasteiger partial charge is 0.374 e. The molecule has 0 aliphatic carbocycles. The highest BCUT2D eigenvalue weighted by atomic mass is 16.6. The van der Waals surface area contributed by atoms with E-state index in [1.165, 1.54) is 24.1 Å². The number of hydrogen-bond donors (Lipinski definition) is 2. The van der Waals surface area contributed by atoms with E-state index in [4.69, 9.17) is 0 Å². The third-order valence-corrected chi connectivity index (χ3v) is 5.08. The third kappa shape index (κ3) is 1.87. The molecule has 4 rings (SSSR count). The number of anilines is 2. The molecule has 0 fully saturated rings. The van der Waals surface area contributed by atoms with Crippen LogP contribution < -0.4 is 10.2 Å². The van der Waals surface area contributed by atoms with Gasteiger partial charge in [-0.3, -0.25) is 19.7 Å². The van der Waals surface area contributed by atoms with Crippen LogP contribution in [-0.2, 0) is 15.2 Å². The zero-order chi connectivity index (χ0) is 18.8. The fourth-order valence-electron chi connectivity index (χ4n) is 3.98. The van der Waals surface area contributed by atoms with Gasteiger partial charge in [0.2, 0.25) is 5.91 Å². The second kappa shape index (κ2) is 5.12. The zero-order valence-electron chi connectivity index (χ0n) is 14.0. The number of para-hydroxylation sites is 1. The summed E-state index contributed by atoms with van der Waals surface area (Å²) in [5.41, 5.74) is -0.505. The van der Waals surface area contributed by atoms with Crippen molar-refractivity contribution in [2.24, 2.45) is 0 Å². The van der Waals surface area contributed by atoms with E-state index in [-0.39, 0.29) is 11.3 Å². The Kier molecular flexibility index (Phi) is 3.19. The Balaban J connectivity index is 2.00. The van der Waals surface area contributed by atoms with Crippen molar-refractivity contribution in [3.05, 3.63) is 63.2 Å². The number of carbonyl (C=O) groups excluding carboxylic acids is 2. The maximum Gasteiger partial charge on any atom is 0.270 e. The number of carbonyl (C=O) groups is 2. The van der Waals surface area contributed by atoms with Gasteiger partial charge in [-0.25, -0.2) is 0 Å². The summed E-state index contributed by atoms with van der Waals surface area (Å²) in [7, 11) is 1.48. The SMILES string of the molecule is Cc1cc([N+](=O)[O-])cc2c1N(C)C(=O)[C@]2(O)[C@H]1C(=O)Nc2ccccc21. The average molecular weight is 353 g/mol. The quantitative estimate of drug-likeness (QED) is 0.631. The topological polar surface area (TPSA) is 113 Å². The van der Waals surface area contributed by atoms with Gasteiger partial charge in [0.25, 0.3) is 11.6 Å². The molecule has 2 aromatic rings. The molecule has 2 N–H and O–H groups in total. The van der Waals surface area contributed by atoms with Gasteiger partial charge in [0, 0.05) is 30.4 Å². The standard InChI is InChI=1S/C18H15N3O5/c1-9-7-10(21(25)26)8-12-15(9)20(2)17(23)18(12,24)14-11-5-3-4-6-13(11)19-16(14)22/h3-8,14,24H,1-2H3,(H,19,22)/t14-,18-/m1/s1. The summed E-state index contributed by atoms with van der Waals surface area (Å²) in [5, 5.41) is 25.4. The lowest BCUT2D eigenvalue weighted by Gasteiger charge is -2.27. The molecule has 2 amide bonds. The van der Waals surface area contributed by atoms with Crippen LogP contribution in [0.25, 0.3) is 0 Å². The first-order valence-electron chi connectivity index (χ1n) is 7.96. The molecular weight excluding hydrogens is 338 g/mol. The molecule has 132 valence electrons. The van der Waals surface area contributed by atoms with E-state index in [9.17, 15) is 24.8 Å². The lowest BCUT2D eigenvalue weighted by atomic mass is 9.78. The molecule has 2 aliphatic heterocycles. The maximum absolute atomic E-state index is 13.0. The Morgan fingerprint density at radius 1 is 1.27 bits per heavy atom. The van der Waals surface area contributed by atoms with Gasteiger partial charge in [0.1, 0.15) is 5.92 Å². The molecule has 0 aromatic heterocycles. The molecule has 0 radical (unpaired) electrons. The first kappa shape index (κ1) is 16.2. The molecule has 0 saturated carbocycles. The lowest BCUT2D eigenvalue weighted by Crippen LogP contribution is -2.45. The van der Waals surface area contributed by atoms with Crippen LogP contribution in [0.15, 0.2) is 36.4 Å². The summed E-state index contributed by atoms with van der Waals surface area (Å²) in [6.45, 7) is 1.63. The number of nitrogens with zero attached hydrogens (tertiary/aromatic N) is 2. The number of fused-ring (bicyclic) bond motifs is 2. The first-order valence-corrected chi connectivity index (χ1v) is 7.96. The number of rotatable bonds is 2. The zero-order valence-corrected chi connectivity index (χ0v) is 14.0. The van der Waals surface area contributed by atoms with Gasteiger partial charge in [0.15, 0.2) is 5.60 Å². The Bertz CT molecular complexity index is 1000. The van der Waals surface area contributed by atoms with Crippen LogP contribution in [0.1, 0.15) is 22.6 Å². The smallest absolute Gasteiger partial charge is 0.270 e. The molecule has 2 aromatic carbocycles. The van der Waals surface area contributed by atoms with E-state index in [2.05, 4.69) is 5.32 Å². The van der Waals surface area contributed by atoms with Gasteiger partial charge in [0.05, 0.1) is 10.6 Å². The molecule has 0 unspecified atom stereocenters. The van der Waals surface area contributed by atoms with Crippen LogP contribution in [0.4, 0.5) is 17.1 Å². The number of hydrogen-bond acceptors (Lipinski definition) is 5. The third-order valence-electron chi connectivity index (χ3n) is 5.08. The molecule has 0 bridgehead atoms. The Labute approximate surface area is 148 Å². The van der Waals surface area contributed by atoms with Crippen LogP contribution in [0.3, 0.4) is 0 Å². The average Bonchev–Trinajstić information content (AvgIpc) is 3.03. The first-order chi connectivity index (χ1) is 12.3. The number of nitrogens with one attached hydrogen (secondary N) is 1. The molecule has 0 saturated heterocycles. The van der Waals surface area contributed by atoms with Crippen molar-refractivity contribution in [1.29, 1.82) is 0 Å². The summed E-state index contributed by atoms with van der Waals surface area (Å²) in [6, 6.07) is 9.30. The number of amides is 2. The van der Waals surface area contributed by atoms with E-state index < -0.39 is 28.3 Å². The molecule has 2 atom stereocenters. The van der Waals surface area contributed by atoms with E-state index in [0.717, 1.165) is 0 Å². The molecular formula is C18H15N3O5. The number of benzene rings is 2. The lowest BCUT2D eigenvalue weighted by molar-refractivity contribution is -0.385. The van der Waals surface area contributed by atoms with Crippen molar-refractivity contribution in [3.63, 3.8) is 0 Å². The minimum atomic E-state index is -2.21. The van der Waals surface area contributed by atoms with Gasteiger partial charge in [-0.15, -0.1) is 0 Å². The van der Waals surface area contributed by atoms with Gasteiger partial charge in [-0.2, -0.15) is 0 Å². The molecule has 0 spiro atoms. The highest BCUT2D eigenvalue weighted by molar-refractivity contribution is 6.15. The molecule has 8 nitrogen and oxygen atoms in total. The fourth-order valence-corrected chi connectivity index (χ4v) is 3.98. The van der Waals surface area contributed by atoms with Gasteiger partial charge < -0.3 is 15.3 Å². The number of nitro benzene ring substituents is 1. The Morgan fingerprint density at radius 3 is 2.65 bits per heavy atom. The fraction of sp³-hybridized carbons (Fsp3) is 0.222. The van der Waals surface area contributed by atoms with Crippen LogP contribution in [0.2, 0.25) is 0 Å². The number of likely N-dealkylation sites (N-methyl/N-ethyl adjacent to an activating group) is 1. The van der Waals surface area contributed by atoms with Gasteiger partial charge >= 0.3 is 0 Å². The van der Waals surface area contributed by atoms with Crippen molar-refractivity contribution >= 4 is 28.9 Å². The van der Waals surface area contributed by atoms with Gasteiger partial charge in [-0.05, 0) is 24.1 Å². The minimum Gasteiger partial charge on any atom is -0.374 e. The predicted octanol–water partition coefficient (Wildman–Crippen LogP) is 1.80. The summed E-state index contributed by atoms with van der Waals surface area (Å²) in [5.74, 6) is -2.39. The monoisotopic (exact) mass is 353 g/mol. The normalized spacial score (nSPS) is 23.7. The maximum atomic E-state index is 13.0. The number of aryl methyl sites for hydroxylation is 1. The van der Waals surface area contributed by atoms with E-state index in [0.29, 0.717) is 22.5 Å². The van der Waals surface area contributed by atoms with Crippen molar-refractivity contribution in [2.45, 2.75) is 18.4 Å².